The molecule has 0 rings (SSSR count). The van der Waals surface area contributed by atoms with Crippen molar-refractivity contribution in [3.8, 4) is 0 Å². The van der Waals surface area contributed by atoms with Gasteiger partial charge in [0.1, 0.15) is 0 Å². The van der Waals surface area contributed by atoms with Crippen molar-refractivity contribution in [3.05, 3.63) is 0 Å². The number of carboxylic acids is 3. The van der Waals surface area contributed by atoms with Crippen LogP contribution in [0.5, 0.6) is 0 Å². The van der Waals surface area contributed by atoms with E-state index in [9.17, 15) is 14.4 Å². The number of rotatable bonds is 5. The first-order valence-electron chi connectivity index (χ1n) is 3.17. The third kappa shape index (κ3) is 4.80. The molecule has 0 saturated heterocycles. The first-order chi connectivity index (χ1) is 5.78. The van der Waals surface area contributed by atoms with Crippen molar-refractivity contribution in [2.45, 2.75) is 18.4 Å². The summed E-state index contributed by atoms with van der Waals surface area (Å²) in [5, 5.41) is 33.8. The molecule has 0 aromatic carbocycles. The molecule has 0 aromatic heterocycles. The Balaban J connectivity index is 0. The van der Waals surface area contributed by atoms with Crippen LogP contribution in [0.3, 0.4) is 0 Å². The second kappa shape index (κ2) is 5.58. The maximum Gasteiger partial charge on any atom is 2.00 e. The van der Waals surface area contributed by atoms with Gasteiger partial charge in [-0.3, -0.25) is 9.59 Å². The molecule has 0 radical (unpaired) electrons. The first-order valence-corrected chi connectivity index (χ1v) is 3.17. The van der Waals surface area contributed by atoms with Crippen LogP contribution >= 0.6 is 0 Å². The van der Waals surface area contributed by atoms with E-state index in [1.54, 1.807) is 0 Å². The minimum atomic E-state index is -2.74. The Morgan fingerprint density at radius 3 is 1.36 bits per heavy atom. The van der Waals surface area contributed by atoms with Crippen molar-refractivity contribution in [1.82, 2.24) is 0 Å². The smallest absolute Gasteiger partial charge is 0.481 e. The minimum absolute atomic E-state index is 0. The molecular formula is C6H8FeO7+2. The molecule has 0 aliphatic heterocycles. The standard InChI is InChI=1S/C6H8O7.Fe/c7-3(8)1-6(13,5(11)12)2-4(9)10;/h13H,1-2H2,(H,7,8)(H,9,10)(H,11,12);/q;+2. The van der Waals surface area contributed by atoms with Gasteiger partial charge >= 0.3 is 35.0 Å². The number of hydrogen-bond donors (Lipinski definition) is 4. The van der Waals surface area contributed by atoms with Crippen LogP contribution in [0.1, 0.15) is 12.8 Å². The van der Waals surface area contributed by atoms with E-state index >= 15 is 0 Å². The second-order valence-electron chi connectivity index (χ2n) is 2.48. The maximum absolute atomic E-state index is 10.3. The summed E-state index contributed by atoms with van der Waals surface area (Å²) in [6.07, 6.45) is -2.29. The molecule has 0 fully saturated rings. The minimum Gasteiger partial charge on any atom is -0.481 e. The summed E-state index contributed by atoms with van der Waals surface area (Å²) in [7, 11) is 0. The largest absolute Gasteiger partial charge is 2.00 e. The first kappa shape index (κ1) is 15.4. The van der Waals surface area contributed by atoms with Crippen LogP contribution in [0, 0.1) is 0 Å². The molecule has 80 valence electrons. The van der Waals surface area contributed by atoms with Gasteiger partial charge in [-0.2, -0.15) is 0 Å². The molecule has 14 heavy (non-hydrogen) atoms. The van der Waals surface area contributed by atoms with Crippen molar-refractivity contribution < 1.29 is 51.9 Å². The Morgan fingerprint density at radius 2 is 1.21 bits per heavy atom. The molecule has 8 heteroatoms. The molecule has 0 bridgehead atoms. The maximum atomic E-state index is 10.3. The van der Waals surface area contributed by atoms with E-state index < -0.39 is 36.4 Å². The number of carboxylic acid groups (broad SMARTS) is 3. The van der Waals surface area contributed by atoms with Crippen LogP contribution in [0.4, 0.5) is 0 Å². The Hall–Kier alpha value is -1.11. The Morgan fingerprint density at radius 1 is 0.929 bits per heavy atom. The summed E-state index contributed by atoms with van der Waals surface area (Å²) in [6.45, 7) is 0. The predicted molar refractivity (Wildman–Crippen MR) is 37.1 cm³/mol. The van der Waals surface area contributed by atoms with Gasteiger partial charge in [-0.1, -0.05) is 0 Å². The Bertz CT molecular complexity index is 233. The van der Waals surface area contributed by atoms with Gasteiger partial charge in [-0.15, -0.1) is 0 Å². The van der Waals surface area contributed by atoms with Gasteiger partial charge in [0, 0.05) is 0 Å². The van der Waals surface area contributed by atoms with Gasteiger partial charge in [0.05, 0.1) is 12.8 Å². The van der Waals surface area contributed by atoms with Crippen LogP contribution < -0.4 is 0 Å². The van der Waals surface area contributed by atoms with Crippen molar-refractivity contribution in [1.29, 1.82) is 0 Å². The second-order valence-corrected chi connectivity index (χ2v) is 2.48. The van der Waals surface area contributed by atoms with Gasteiger partial charge in [0.25, 0.3) is 0 Å². The summed E-state index contributed by atoms with van der Waals surface area (Å²) in [4.78, 5) is 30.5. The molecule has 0 amide bonds. The van der Waals surface area contributed by atoms with Crippen LogP contribution in [0.25, 0.3) is 0 Å². The average molecular weight is 248 g/mol. The van der Waals surface area contributed by atoms with E-state index in [-0.39, 0.29) is 17.1 Å². The zero-order valence-corrected chi connectivity index (χ0v) is 7.89. The SMILES string of the molecule is O=C(O)CC(O)(CC(=O)O)C(=O)O.[Fe+2]. The number of aliphatic carboxylic acids is 3. The molecular weight excluding hydrogens is 240 g/mol. The van der Waals surface area contributed by atoms with Crippen LogP contribution in [-0.4, -0.2) is 43.9 Å². The molecule has 0 aromatic rings. The van der Waals surface area contributed by atoms with Crippen molar-refractivity contribution in [2.24, 2.45) is 0 Å². The quantitative estimate of drug-likeness (QED) is 0.446. The Kier molecular flexibility index (Phi) is 6.13. The van der Waals surface area contributed by atoms with Crippen LogP contribution in [-0.2, 0) is 31.5 Å². The molecule has 7 nitrogen and oxygen atoms in total. The predicted octanol–water partition coefficient (Wildman–Crippen LogP) is -1.25. The fraction of sp³-hybridized carbons (Fsp3) is 0.500. The number of hydrogen-bond acceptors (Lipinski definition) is 4. The van der Waals surface area contributed by atoms with E-state index in [1.165, 1.54) is 0 Å². The topological polar surface area (TPSA) is 132 Å². The molecule has 0 atom stereocenters. The van der Waals surface area contributed by atoms with Gasteiger partial charge in [0.15, 0.2) is 5.60 Å². The average Bonchev–Trinajstić information content (AvgIpc) is 1.82. The van der Waals surface area contributed by atoms with Crippen molar-refractivity contribution in [3.63, 3.8) is 0 Å². The third-order valence-corrected chi connectivity index (χ3v) is 1.29. The van der Waals surface area contributed by atoms with E-state index in [4.69, 9.17) is 20.4 Å². The van der Waals surface area contributed by atoms with Crippen LogP contribution in [0.2, 0.25) is 0 Å². The zero-order valence-electron chi connectivity index (χ0n) is 6.78. The summed E-state index contributed by atoms with van der Waals surface area (Å²) in [5.74, 6) is -5.02. The van der Waals surface area contributed by atoms with Crippen LogP contribution in [0.15, 0.2) is 0 Å². The van der Waals surface area contributed by atoms with E-state index in [2.05, 4.69) is 0 Å². The molecule has 0 unspecified atom stereocenters. The molecule has 0 saturated carbocycles. The summed E-state index contributed by atoms with van der Waals surface area (Å²) in [5.41, 5.74) is -2.74. The van der Waals surface area contributed by atoms with Gasteiger partial charge in [-0.25, -0.2) is 4.79 Å². The van der Waals surface area contributed by atoms with Gasteiger partial charge < -0.3 is 20.4 Å². The summed E-state index contributed by atoms with van der Waals surface area (Å²) >= 11 is 0. The van der Waals surface area contributed by atoms with Crippen molar-refractivity contribution >= 4 is 17.9 Å². The Labute approximate surface area is 88.8 Å². The third-order valence-electron chi connectivity index (χ3n) is 1.29. The van der Waals surface area contributed by atoms with Crippen molar-refractivity contribution in [2.75, 3.05) is 0 Å². The molecule has 4 N–H and O–H groups in total. The molecule has 0 aliphatic carbocycles. The van der Waals surface area contributed by atoms with Gasteiger partial charge in [-0.05, 0) is 0 Å². The van der Waals surface area contributed by atoms with Gasteiger partial charge in [0.2, 0.25) is 0 Å². The van der Waals surface area contributed by atoms with E-state index in [1.807, 2.05) is 0 Å². The molecule has 0 spiro atoms. The molecule has 0 aliphatic rings. The van der Waals surface area contributed by atoms with E-state index in [0.717, 1.165) is 0 Å². The monoisotopic (exact) mass is 248 g/mol. The summed E-state index contributed by atoms with van der Waals surface area (Å²) < 4.78 is 0. The number of aliphatic hydroxyl groups is 1. The number of carbonyl (C=O) groups is 3. The fourth-order valence-electron chi connectivity index (χ4n) is 0.714. The normalized spacial score (nSPS) is 10.1. The fourth-order valence-corrected chi connectivity index (χ4v) is 0.714. The molecule has 0 heterocycles. The zero-order chi connectivity index (χ0) is 10.6. The van der Waals surface area contributed by atoms with E-state index in [0.29, 0.717) is 0 Å². The summed E-state index contributed by atoms with van der Waals surface area (Å²) in [6, 6.07) is 0.